The van der Waals surface area contributed by atoms with Crippen LogP contribution in [-0.4, -0.2) is 12.8 Å². The third-order valence-electron chi connectivity index (χ3n) is 4.13. The number of rotatable bonds is 2. The van der Waals surface area contributed by atoms with Crippen molar-refractivity contribution < 1.29 is 0 Å². The van der Waals surface area contributed by atoms with Crippen molar-refractivity contribution in [2.24, 2.45) is 4.99 Å². The standard InChI is InChI=1S/C20H25N/c1-7-17-19(10-8-14(4)20(17)21-6)16-9-11-18(13(2)3)15(5)12-16/h7-13H,1-6H3/b17-7-,21-20-. The van der Waals surface area contributed by atoms with Gasteiger partial charge in [0.25, 0.3) is 0 Å². The van der Waals surface area contributed by atoms with E-state index in [0.717, 1.165) is 5.71 Å². The van der Waals surface area contributed by atoms with Gasteiger partial charge in [-0.2, -0.15) is 0 Å². The van der Waals surface area contributed by atoms with E-state index in [1.54, 1.807) is 0 Å². The Bertz CT molecular complexity index is 667. The summed E-state index contributed by atoms with van der Waals surface area (Å²) in [5.74, 6) is 0.565. The van der Waals surface area contributed by atoms with E-state index in [1.807, 2.05) is 7.05 Å². The van der Waals surface area contributed by atoms with E-state index >= 15 is 0 Å². The Kier molecular flexibility index (Phi) is 4.62. The molecule has 1 aromatic carbocycles. The van der Waals surface area contributed by atoms with Crippen LogP contribution in [0.15, 0.2) is 52.6 Å². The maximum atomic E-state index is 4.46. The van der Waals surface area contributed by atoms with Gasteiger partial charge in [0.05, 0.1) is 5.71 Å². The Balaban J connectivity index is 2.54. The first-order chi connectivity index (χ1) is 9.99. The second-order valence-electron chi connectivity index (χ2n) is 5.93. The van der Waals surface area contributed by atoms with Crippen molar-refractivity contribution in [2.75, 3.05) is 7.05 Å². The van der Waals surface area contributed by atoms with Crippen molar-refractivity contribution in [1.82, 2.24) is 0 Å². The summed E-state index contributed by atoms with van der Waals surface area (Å²) in [6.45, 7) is 10.9. The van der Waals surface area contributed by atoms with Crippen LogP contribution in [0.1, 0.15) is 50.3 Å². The van der Waals surface area contributed by atoms with Crippen LogP contribution >= 0.6 is 0 Å². The third kappa shape index (κ3) is 2.92. The highest BCUT2D eigenvalue weighted by Gasteiger charge is 2.18. The third-order valence-corrected chi connectivity index (χ3v) is 4.13. The molecule has 0 heterocycles. The SMILES string of the molecule is C/C=C1/C(c2ccc(C(C)C)c(C)c2)=CC=C(C)/C1=N/C. The van der Waals surface area contributed by atoms with Gasteiger partial charge in [-0.25, -0.2) is 0 Å². The zero-order chi connectivity index (χ0) is 15.6. The van der Waals surface area contributed by atoms with Gasteiger partial charge in [-0.05, 0) is 54.5 Å². The minimum atomic E-state index is 0.565. The second-order valence-corrected chi connectivity index (χ2v) is 5.93. The molecule has 21 heavy (non-hydrogen) atoms. The molecule has 2 rings (SSSR count). The number of aliphatic imine (C=N–C) groups is 1. The maximum Gasteiger partial charge on any atom is 0.0675 e. The Morgan fingerprint density at radius 1 is 1.10 bits per heavy atom. The van der Waals surface area contributed by atoms with Gasteiger partial charge in [-0.15, -0.1) is 0 Å². The Hall–Kier alpha value is -1.89. The van der Waals surface area contributed by atoms with Gasteiger partial charge in [0, 0.05) is 12.6 Å². The summed E-state index contributed by atoms with van der Waals surface area (Å²) in [6.07, 6.45) is 6.54. The summed E-state index contributed by atoms with van der Waals surface area (Å²) in [6, 6.07) is 6.79. The molecule has 0 aromatic heterocycles. The average Bonchev–Trinajstić information content (AvgIpc) is 2.46. The van der Waals surface area contributed by atoms with Crippen molar-refractivity contribution in [3.05, 3.63) is 64.3 Å². The number of hydrogen-bond donors (Lipinski definition) is 0. The van der Waals surface area contributed by atoms with E-state index in [-0.39, 0.29) is 0 Å². The van der Waals surface area contributed by atoms with Gasteiger partial charge < -0.3 is 0 Å². The van der Waals surface area contributed by atoms with Crippen LogP contribution in [-0.2, 0) is 0 Å². The lowest BCUT2D eigenvalue weighted by Crippen LogP contribution is -2.10. The molecule has 0 N–H and O–H groups in total. The van der Waals surface area contributed by atoms with Crippen molar-refractivity contribution >= 4 is 11.3 Å². The van der Waals surface area contributed by atoms with E-state index in [2.05, 4.69) is 76.0 Å². The van der Waals surface area contributed by atoms with Gasteiger partial charge in [0.1, 0.15) is 0 Å². The highest BCUT2D eigenvalue weighted by Crippen LogP contribution is 2.32. The summed E-state index contributed by atoms with van der Waals surface area (Å²) < 4.78 is 0. The normalized spacial score (nSPS) is 19.2. The molecule has 0 saturated carbocycles. The molecule has 0 saturated heterocycles. The van der Waals surface area contributed by atoms with Crippen LogP contribution in [0.3, 0.4) is 0 Å². The van der Waals surface area contributed by atoms with Gasteiger partial charge in [-0.3, -0.25) is 4.99 Å². The number of allylic oxidation sites excluding steroid dienone is 6. The van der Waals surface area contributed by atoms with Crippen molar-refractivity contribution in [3.8, 4) is 0 Å². The van der Waals surface area contributed by atoms with Crippen LogP contribution in [0.25, 0.3) is 5.57 Å². The van der Waals surface area contributed by atoms with E-state index in [4.69, 9.17) is 0 Å². The lowest BCUT2D eigenvalue weighted by Gasteiger charge is -2.20. The molecule has 0 radical (unpaired) electrons. The lowest BCUT2D eigenvalue weighted by atomic mass is 9.85. The molecule has 0 fully saturated rings. The van der Waals surface area contributed by atoms with E-state index < -0.39 is 0 Å². The fourth-order valence-corrected chi connectivity index (χ4v) is 3.05. The molecular formula is C20H25N. The molecule has 0 bridgehead atoms. The predicted octanol–water partition coefficient (Wildman–Crippen LogP) is 5.48. The largest absolute Gasteiger partial charge is 0.288 e. The Morgan fingerprint density at radius 3 is 2.33 bits per heavy atom. The highest BCUT2D eigenvalue weighted by atomic mass is 14.7. The average molecular weight is 279 g/mol. The fourth-order valence-electron chi connectivity index (χ4n) is 3.05. The summed E-state index contributed by atoms with van der Waals surface area (Å²) in [5, 5.41) is 0. The van der Waals surface area contributed by atoms with E-state index in [1.165, 1.54) is 33.4 Å². The molecule has 1 heteroatoms. The van der Waals surface area contributed by atoms with Crippen molar-refractivity contribution in [1.29, 1.82) is 0 Å². The summed E-state index contributed by atoms with van der Waals surface area (Å²) >= 11 is 0. The lowest BCUT2D eigenvalue weighted by molar-refractivity contribution is 0.856. The number of hydrogen-bond acceptors (Lipinski definition) is 1. The van der Waals surface area contributed by atoms with E-state index in [0.29, 0.717) is 5.92 Å². The first-order valence-corrected chi connectivity index (χ1v) is 7.63. The fraction of sp³-hybridized carbons (Fsp3) is 0.350. The minimum Gasteiger partial charge on any atom is -0.288 e. The minimum absolute atomic E-state index is 0.565. The summed E-state index contributed by atoms with van der Waals surface area (Å²) in [7, 11) is 1.87. The zero-order valence-electron chi connectivity index (χ0n) is 14.0. The zero-order valence-corrected chi connectivity index (χ0v) is 14.0. The van der Waals surface area contributed by atoms with Crippen LogP contribution in [0, 0.1) is 6.92 Å². The second kappa shape index (κ2) is 6.26. The molecule has 0 unspecified atom stereocenters. The van der Waals surface area contributed by atoms with Gasteiger partial charge >= 0.3 is 0 Å². The molecule has 1 aromatic rings. The number of benzene rings is 1. The smallest absolute Gasteiger partial charge is 0.0675 e. The van der Waals surface area contributed by atoms with Crippen molar-refractivity contribution in [2.45, 2.75) is 40.5 Å². The maximum absolute atomic E-state index is 4.46. The first kappa shape index (κ1) is 15.5. The molecular weight excluding hydrogens is 254 g/mol. The molecule has 0 aliphatic heterocycles. The van der Waals surface area contributed by atoms with Crippen LogP contribution in [0.2, 0.25) is 0 Å². The number of nitrogens with zero attached hydrogens (tertiary/aromatic N) is 1. The molecule has 1 aliphatic rings. The van der Waals surface area contributed by atoms with Gasteiger partial charge in [0.15, 0.2) is 0 Å². The molecule has 1 nitrogen and oxygen atoms in total. The summed E-state index contributed by atoms with van der Waals surface area (Å²) in [5.41, 5.74) is 8.88. The molecule has 1 aliphatic carbocycles. The van der Waals surface area contributed by atoms with Gasteiger partial charge in [-0.1, -0.05) is 50.3 Å². The predicted molar refractivity (Wildman–Crippen MR) is 94.1 cm³/mol. The quantitative estimate of drug-likeness (QED) is 0.680. The summed E-state index contributed by atoms with van der Waals surface area (Å²) in [4.78, 5) is 4.46. The van der Waals surface area contributed by atoms with Crippen LogP contribution in [0.5, 0.6) is 0 Å². The van der Waals surface area contributed by atoms with Crippen molar-refractivity contribution in [3.63, 3.8) is 0 Å². The first-order valence-electron chi connectivity index (χ1n) is 7.63. The number of aryl methyl sites for hydroxylation is 1. The monoisotopic (exact) mass is 279 g/mol. The molecule has 110 valence electrons. The Labute approximate surface area is 128 Å². The Morgan fingerprint density at radius 2 is 1.81 bits per heavy atom. The van der Waals surface area contributed by atoms with Gasteiger partial charge in [0.2, 0.25) is 0 Å². The van der Waals surface area contributed by atoms with E-state index in [9.17, 15) is 0 Å². The molecule has 0 spiro atoms. The van der Waals surface area contributed by atoms with Crippen LogP contribution in [0.4, 0.5) is 0 Å². The molecule has 0 atom stereocenters. The highest BCUT2D eigenvalue weighted by molar-refractivity contribution is 6.23. The van der Waals surface area contributed by atoms with Crippen LogP contribution < -0.4 is 0 Å². The topological polar surface area (TPSA) is 12.4 Å². The molecule has 0 amide bonds.